The Hall–Kier alpha value is -3.09. The summed E-state index contributed by atoms with van der Waals surface area (Å²) in [6.07, 6.45) is 0.625. The Morgan fingerprint density at radius 2 is 1.44 bits per heavy atom. The molecule has 0 radical (unpaired) electrons. The molecular weight excluding hydrogens is 356 g/mol. The van der Waals surface area contributed by atoms with Crippen LogP contribution >= 0.6 is 0 Å². The van der Waals surface area contributed by atoms with Crippen molar-refractivity contribution < 1.29 is 28.6 Å². The third-order valence-corrected chi connectivity index (χ3v) is 2.40. The fourth-order valence-corrected chi connectivity index (χ4v) is 1.19. The first-order chi connectivity index (χ1) is 12.3. The van der Waals surface area contributed by atoms with Crippen LogP contribution in [0.4, 0.5) is 5.82 Å². The molecule has 0 spiro atoms. The lowest BCUT2D eigenvalue weighted by Crippen LogP contribution is -2.19. The van der Waals surface area contributed by atoms with Crippen molar-refractivity contribution in [2.24, 2.45) is 0 Å². The summed E-state index contributed by atoms with van der Waals surface area (Å²) in [5, 5.41) is 13.8. The zero-order chi connectivity index (χ0) is 20.5. The lowest BCUT2D eigenvalue weighted by Gasteiger charge is -1.99. The van der Waals surface area contributed by atoms with Gasteiger partial charge in [0, 0.05) is 12.0 Å². The van der Waals surface area contributed by atoms with Crippen molar-refractivity contribution >= 4 is 23.7 Å². The molecule has 0 amide bonds. The fraction of sp³-hybridized carbons (Fsp3) is 0.588. The van der Waals surface area contributed by atoms with Crippen LogP contribution in [0.5, 0.6) is 0 Å². The third-order valence-electron chi connectivity index (χ3n) is 2.40. The second kappa shape index (κ2) is 17.7. The summed E-state index contributed by atoms with van der Waals surface area (Å²) in [6.45, 7) is 9.25. The van der Waals surface area contributed by atoms with E-state index >= 15 is 0 Å². The maximum atomic E-state index is 11.1. The van der Waals surface area contributed by atoms with E-state index in [2.05, 4.69) is 19.7 Å². The van der Waals surface area contributed by atoms with Gasteiger partial charge < -0.3 is 19.9 Å². The summed E-state index contributed by atoms with van der Waals surface area (Å²) in [6, 6.07) is 1.93. The first-order valence-corrected chi connectivity index (χ1v) is 7.98. The number of hydrogen-bond acceptors (Lipinski definition) is 9. The summed E-state index contributed by atoms with van der Waals surface area (Å²) in [5.41, 5.74) is 6.39. The summed E-state index contributed by atoms with van der Waals surface area (Å²) in [4.78, 5) is 32.0. The lowest BCUT2D eigenvalue weighted by molar-refractivity contribution is -0.167. The standard InChI is InChI=1S/C7H11N3O2.C6H10O4.C3H5N.CH4/c1-3-12-7(11)5-4(2)6(8)10-9-5;1-3-9-5(7)6(8)10-4-2;1-2-3-4;/h3H2,1-2H3,(H3,8,9,10);3-4H2,1-2H3;2H2,1H3;1H4. The molecule has 0 fully saturated rings. The summed E-state index contributed by atoms with van der Waals surface area (Å²) < 4.78 is 13.4. The van der Waals surface area contributed by atoms with E-state index in [-0.39, 0.29) is 20.6 Å². The van der Waals surface area contributed by atoms with Crippen molar-refractivity contribution in [3.63, 3.8) is 0 Å². The average molecular weight is 386 g/mol. The van der Waals surface area contributed by atoms with Gasteiger partial charge >= 0.3 is 17.9 Å². The third kappa shape index (κ3) is 12.9. The number of nitrogens with zero attached hydrogens (tertiary/aromatic N) is 2. The first kappa shape index (κ1) is 28.7. The second-order valence-corrected chi connectivity index (χ2v) is 4.28. The van der Waals surface area contributed by atoms with Crippen molar-refractivity contribution in [3.8, 4) is 6.07 Å². The molecular formula is C17H30N4O6. The second-order valence-electron chi connectivity index (χ2n) is 4.28. The van der Waals surface area contributed by atoms with Gasteiger partial charge in [-0.05, 0) is 27.7 Å². The van der Waals surface area contributed by atoms with Crippen LogP contribution in [0.1, 0.15) is 57.6 Å². The van der Waals surface area contributed by atoms with Crippen molar-refractivity contribution in [2.75, 3.05) is 25.6 Å². The summed E-state index contributed by atoms with van der Waals surface area (Å²) in [7, 11) is 0. The van der Waals surface area contributed by atoms with Gasteiger partial charge in [-0.2, -0.15) is 10.4 Å². The van der Waals surface area contributed by atoms with Gasteiger partial charge in [0.05, 0.1) is 25.9 Å². The van der Waals surface area contributed by atoms with E-state index < -0.39 is 17.9 Å². The molecule has 1 rings (SSSR count). The number of carbonyl (C=O) groups excluding carboxylic acids is 3. The highest BCUT2D eigenvalue weighted by molar-refractivity contribution is 6.29. The average Bonchev–Trinajstić information content (AvgIpc) is 2.95. The number of nitriles is 1. The maximum absolute atomic E-state index is 11.1. The van der Waals surface area contributed by atoms with Gasteiger partial charge in [0.2, 0.25) is 0 Å². The highest BCUT2D eigenvalue weighted by Crippen LogP contribution is 2.11. The van der Waals surface area contributed by atoms with E-state index in [0.29, 0.717) is 30.1 Å². The summed E-state index contributed by atoms with van der Waals surface area (Å²) in [5.74, 6) is -1.94. The smallest absolute Gasteiger partial charge is 0.417 e. The van der Waals surface area contributed by atoms with Crippen molar-refractivity contribution in [2.45, 2.75) is 48.5 Å². The Balaban J connectivity index is -0.000000350. The largest absolute Gasteiger partial charge is 0.461 e. The molecule has 0 atom stereocenters. The number of nitrogens with two attached hydrogens (primary N) is 1. The monoisotopic (exact) mass is 386 g/mol. The molecule has 0 saturated carbocycles. The van der Waals surface area contributed by atoms with Gasteiger partial charge in [0.1, 0.15) is 11.5 Å². The number of nitrogen functional groups attached to an aromatic ring is 1. The van der Waals surface area contributed by atoms with E-state index in [0.717, 1.165) is 0 Å². The molecule has 3 N–H and O–H groups in total. The van der Waals surface area contributed by atoms with Gasteiger partial charge in [0.25, 0.3) is 0 Å². The van der Waals surface area contributed by atoms with E-state index in [1.54, 1.807) is 27.7 Å². The number of nitrogens with one attached hydrogen (secondary N) is 1. The van der Waals surface area contributed by atoms with Gasteiger partial charge in [-0.25, -0.2) is 14.4 Å². The zero-order valence-electron chi connectivity index (χ0n) is 15.7. The van der Waals surface area contributed by atoms with Crippen molar-refractivity contribution in [1.82, 2.24) is 10.2 Å². The topological polar surface area (TPSA) is 157 Å². The number of hydrogen-bond donors (Lipinski definition) is 2. The Bertz CT molecular complexity index is 591. The molecule has 1 heterocycles. The van der Waals surface area contributed by atoms with Gasteiger partial charge in [0.15, 0.2) is 0 Å². The molecule has 154 valence electrons. The number of esters is 3. The number of aromatic amines is 1. The predicted molar refractivity (Wildman–Crippen MR) is 99.6 cm³/mol. The maximum Gasteiger partial charge on any atom is 0.417 e. The lowest BCUT2D eigenvalue weighted by atomic mass is 10.2. The molecule has 1 aromatic heterocycles. The molecule has 27 heavy (non-hydrogen) atoms. The van der Waals surface area contributed by atoms with Gasteiger partial charge in [-0.1, -0.05) is 14.4 Å². The van der Waals surface area contributed by atoms with Crippen molar-refractivity contribution in [3.05, 3.63) is 11.3 Å². The highest BCUT2D eigenvalue weighted by Gasteiger charge is 2.15. The molecule has 0 aliphatic carbocycles. The molecule has 0 aliphatic heterocycles. The predicted octanol–water partition coefficient (Wildman–Crippen LogP) is 2.15. The Labute approximate surface area is 160 Å². The minimum Gasteiger partial charge on any atom is -0.461 e. The molecule has 0 aromatic carbocycles. The van der Waals surface area contributed by atoms with E-state index in [1.807, 2.05) is 13.0 Å². The SMILES string of the molecule is C.CCC#N.CCOC(=O)C(=O)OCC.CCOC(=O)c1[nH]nc(N)c1C. The number of anilines is 1. The zero-order valence-corrected chi connectivity index (χ0v) is 15.7. The van der Waals surface area contributed by atoms with Crippen LogP contribution < -0.4 is 5.73 Å². The van der Waals surface area contributed by atoms with Crippen LogP contribution in [-0.4, -0.2) is 47.9 Å². The molecule has 0 aliphatic rings. The highest BCUT2D eigenvalue weighted by atomic mass is 16.6. The van der Waals surface area contributed by atoms with Crippen LogP contribution in [0.2, 0.25) is 0 Å². The molecule has 0 unspecified atom stereocenters. The fourth-order valence-electron chi connectivity index (χ4n) is 1.19. The van der Waals surface area contributed by atoms with Crippen LogP contribution in [0.3, 0.4) is 0 Å². The summed E-state index contributed by atoms with van der Waals surface area (Å²) >= 11 is 0. The number of aromatic nitrogens is 2. The van der Waals surface area contributed by atoms with E-state index in [1.165, 1.54) is 0 Å². The van der Waals surface area contributed by atoms with Crippen LogP contribution in [0.15, 0.2) is 0 Å². The number of H-pyrrole nitrogens is 1. The minimum atomic E-state index is -0.927. The normalized spacial score (nSPS) is 8.30. The van der Waals surface area contributed by atoms with Crippen molar-refractivity contribution in [1.29, 1.82) is 5.26 Å². The first-order valence-electron chi connectivity index (χ1n) is 7.98. The van der Waals surface area contributed by atoms with Gasteiger partial charge in [-0.15, -0.1) is 0 Å². The van der Waals surface area contributed by atoms with Crippen LogP contribution in [0.25, 0.3) is 0 Å². The molecule has 1 aromatic rings. The van der Waals surface area contributed by atoms with Crippen LogP contribution in [-0.2, 0) is 23.8 Å². The molecule has 0 saturated heterocycles. The Morgan fingerprint density at radius 1 is 1.04 bits per heavy atom. The Kier molecular flexibility index (Phi) is 18.8. The minimum absolute atomic E-state index is 0. The number of ether oxygens (including phenoxy) is 3. The quantitative estimate of drug-likeness (QED) is 0.449. The van der Waals surface area contributed by atoms with E-state index in [4.69, 9.17) is 15.7 Å². The number of rotatable bonds is 4. The number of carbonyl (C=O) groups is 3. The Morgan fingerprint density at radius 3 is 1.70 bits per heavy atom. The van der Waals surface area contributed by atoms with Crippen LogP contribution in [0, 0.1) is 18.3 Å². The molecule has 10 heteroatoms. The van der Waals surface area contributed by atoms with E-state index in [9.17, 15) is 14.4 Å². The molecule has 10 nitrogen and oxygen atoms in total. The molecule has 0 bridgehead atoms. The van der Waals surface area contributed by atoms with Gasteiger partial charge in [-0.3, -0.25) is 5.10 Å².